The van der Waals surface area contributed by atoms with E-state index in [1.165, 1.54) is 0 Å². The number of hydrogen-bond acceptors (Lipinski definition) is 6. The monoisotopic (exact) mass is 506 g/mol. The SMILES string of the molecule is CCCCOc1ccc([C@H]2[C@H]3C(=O)N(c4ccccc4Cl)C(=O)[C@H]3ON2c2ccccc2)cc1OC. The summed E-state index contributed by atoms with van der Waals surface area (Å²) in [5.41, 5.74) is 1.87. The summed E-state index contributed by atoms with van der Waals surface area (Å²) in [4.78, 5) is 34.6. The third-order valence-corrected chi connectivity index (χ3v) is 6.82. The predicted molar refractivity (Wildman–Crippen MR) is 137 cm³/mol. The van der Waals surface area contributed by atoms with E-state index in [-0.39, 0.29) is 5.91 Å². The zero-order chi connectivity index (χ0) is 25.2. The predicted octanol–water partition coefficient (Wildman–Crippen LogP) is 5.58. The van der Waals surface area contributed by atoms with Crippen molar-refractivity contribution in [1.29, 1.82) is 0 Å². The number of hydroxylamine groups is 1. The molecule has 2 saturated heterocycles. The van der Waals surface area contributed by atoms with Gasteiger partial charge in [0.25, 0.3) is 5.91 Å². The quantitative estimate of drug-likeness (QED) is 0.293. The van der Waals surface area contributed by atoms with Crippen molar-refractivity contribution in [2.75, 3.05) is 23.7 Å². The van der Waals surface area contributed by atoms with Gasteiger partial charge in [-0.25, -0.2) is 9.96 Å². The number of anilines is 2. The smallest absolute Gasteiger partial charge is 0.266 e. The van der Waals surface area contributed by atoms with Gasteiger partial charge in [-0.05, 0) is 48.4 Å². The van der Waals surface area contributed by atoms with E-state index >= 15 is 0 Å². The maximum absolute atomic E-state index is 13.8. The van der Waals surface area contributed by atoms with Crippen LogP contribution in [-0.2, 0) is 14.4 Å². The third kappa shape index (κ3) is 4.18. The second-order valence-corrected chi connectivity index (χ2v) is 9.14. The molecule has 0 spiro atoms. The lowest BCUT2D eigenvalue weighted by molar-refractivity contribution is -0.126. The number of carbonyl (C=O) groups excluding carboxylic acids is 2. The molecule has 0 N–H and O–H groups in total. The Labute approximate surface area is 215 Å². The Morgan fingerprint density at radius 2 is 1.69 bits per heavy atom. The summed E-state index contributed by atoms with van der Waals surface area (Å²) in [6.07, 6.45) is 0.972. The molecule has 3 aromatic rings. The number of ether oxygens (including phenoxy) is 2. The highest BCUT2D eigenvalue weighted by atomic mass is 35.5. The molecule has 36 heavy (non-hydrogen) atoms. The van der Waals surface area contributed by atoms with Crippen molar-refractivity contribution < 1.29 is 23.9 Å². The highest BCUT2D eigenvalue weighted by molar-refractivity contribution is 6.36. The summed E-state index contributed by atoms with van der Waals surface area (Å²) in [5, 5.41) is 1.98. The lowest BCUT2D eigenvalue weighted by atomic mass is 9.90. The average Bonchev–Trinajstić information content (AvgIpc) is 3.41. The first kappa shape index (κ1) is 24.2. The van der Waals surface area contributed by atoms with E-state index in [0.29, 0.717) is 28.8 Å². The lowest BCUT2D eigenvalue weighted by Crippen LogP contribution is -2.37. The molecular weight excluding hydrogens is 480 g/mol. The maximum atomic E-state index is 13.8. The minimum atomic E-state index is -0.981. The molecule has 2 aliphatic heterocycles. The van der Waals surface area contributed by atoms with Gasteiger partial charge in [-0.1, -0.05) is 61.3 Å². The van der Waals surface area contributed by atoms with E-state index in [0.717, 1.165) is 29.0 Å². The topological polar surface area (TPSA) is 68.3 Å². The minimum absolute atomic E-state index is 0.325. The molecule has 0 aromatic heterocycles. The van der Waals surface area contributed by atoms with Crippen molar-refractivity contribution in [3.8, 4) is 11.5 Å². The average molecular weight is 507 g/mol. The van der Waals surface area contributed by atoms with Crippen LogP contribution in [0.1, 0.15) is 31.4 Å². The fourth-order valence-electron chi connectivity index (χ4n) is 4.74. The van der Waals surface area contributed by atoms with E-state index in [2.05, 4.69) is 6.92 Å². The normalized spacial score (nSPS) is 21.1. The van der Waals surface area contributed by atoms with Gasteiger partial charge in [0.15, 0.2) is 17.6 Å². The van der Waals surface area contributed by atoms with Crippen molar-refractivity contribution in [3.63, 3.8) is 0 Å². The number of amides is 2. The number of methoxy groups -OCH3 is 1. The first-order valence-electron chi connectivity index (χ1n) is 12.0. The highest BCUT2D eigenvalue weighted by Gasteiger charge is 2.60. The molecule has 3 atom stereocenters. The molecule has 0 unspecified atom stereocenters. The Kier molecular flexibility index (Phi) is 6.85. The van der Waals surface area contributed by atoms with Crippen LogP contribution in [0.5, 0.6) is 11.5 Å². The van der Waals surface area contributed by atoms with Crippen LogP contribution in [0.3, 0.4) is 0 Å². The Morgan fingerprint density at radius 3 is 2.42 bits per heavy atom. The van der Waals surface area contributed by atoms with Crippen LogP contribution in [0, 0.1) is 5.92 Å². The van der Waals surface area contributed by atoms with Gasteiger partial charge >= 0.3 is 0 Å². The fourth-order valence-corrected chi connectivity index (χ4v) is 4.96. The van der Waals surface area contributed by atoms with Crippen LogP contribution in [0.2, 0.25) is 5.02 Å². The lowest BCUT2D eigenvalue weighted by Gasteiger charge is -2.29. The van der Waals surface area contributed by atoms with Crippen molar-refractivity contribution in [2.45, 2.75) is 31.9 Å². The molecule has 7 nitrogen and oxygen atoms in total. The van der Waals surface area contributed by atoms with Gasteiger partial charge in [-0.15, -0.1) is 0 Å². The number of nitrogens with zero attached hydrogens (tertiary/aromatic N) is 2. The van der Waals surface area contributed by atoms with Crippen LogP contribution in [0.15, 0.2) is 72.8 Å². The van der Waals surface area contributed by atoms with E-state index < -0.39 is 24.0 Å². The van der Waals surface area contributed by atoms with Crippen LogP contribution >= 0.6 is 11.6 Å². The first-order chi connectivity index (χ1) is 17.5. The number of para-hydroxylation sites is 2. The second-order valence-electron chi connectivity index (χ2n) is 8.73. The number of benzene rings is 3. The van der Waals surface area contributed by atoms with E-state index in [4.69, 9.17) is 25.9 Å². The Bertz CT molecular complexity index is 1270. The Hall–Kier alpha value is -3.55. The number of unbranched alkanes of at least 4 members (excludes halogenated alkanes) is 1. The molecule has 3 aromatic carbocycles. The zero-order valence-electron chi connectivity index (χ0n) is 20.1. The summed E-state index contributed by atoms with van der Waals surface area (Å²) in [5.74, 6) is -0.384. The zero-order valence-corrected chi connectivity index (χ0v) is 20.9. The van der Waals surface area contributed by atoms with Gasteiger partial charge < -0.3 is 9.47 Å². The summed E-state index contributed by atoms with van der Waals surface area (Å²) in [6.45, 7) is 2.68. The van der Waals surface area contributed by atoms with Gasteiger partial charge in [0.2, 0.25) is 5.91 Å². The minimum Gasteiger partial charge on any atom is -0.493 e. The molecule has 2 amide bonds. The molecule has 0 radical (unpaired) electrons. The van der Waals surface area contributed by atoms with E-state index in [1.54, 1.807) is 36.4 Å². The van der Waals surface area contributed by atoms with Crippen LogP contribution in [0.25, 0.3) is 0 Å². The van der Waals surface area contributed by atoms with Crippen molar-refractivity contribution >= 4 is 34.8 Å². The molecule has 2 fully saturated rings. The summed E-state index contributed by atoms with van der Waals surface area (Å²) < 4.78 is 11.5. The second kappa shape index (κ2) is 10.2. The number of fused-ring (bicyclic) bond motifs is 1. The molecule has 2 heterocycles. The maximum Gasteiger partial charge on any atom is 0.266 e. The van der Waals surface area contributed by atoms with Crippen LogP contribution in [-0.4, -0.2) is 31.6 Å². The molecule has 0 bridgehead atoms. The molecule has 186 valence electrons. The Balaban J connectivity index is 1.56. The number of hydrogen-bond donors (Lipinski definition) is 0. The van der Waals surface area contributed by atoms with E-state index in [9.17, 15) is 9.59 Å². The summed E-state index contributed by atoms with van der Waals surface area (Å²) in [6, 6.07) is 21.3. The highest BCUT2D eigenvalue weighted by Crippen LogP contribution is 2.49. The van der Waals surface area contributed by atoms with Gasteiger partial charge in [0, 0.05) is 0 Å². The van der Waals surface area contributed by atoms with Crippen molar-refractivity contribution in [1.82, 2.24) is 0 Å². The van der Waals surface area contributed by atoms with Gasteiger partial charge in [0.1, 0.15) is 5.92 Å². The number of rotatable bonds is 8. The van der Waals surface area contributed by atoms with Gasteiger partial charge in [0.05, 0.1) is 36.2 Å². The standard InChI is InChI=1S/C28H27ClN2O5/c1-3-4-16-35-22-15-14-18(17-23(22)34-2)25-24-26(36-31(25)19-10-6-5-7-11-19)28(33)30(27(24)32)21-13-9-8-12-20(21)29/h5-15,17,24-26H,3-4,16H2,1-2H3/t24-,25+,26+/m1/s1. The molecule has 2 aliphatic rings. The number of halogens is 1. The molecular formula is C28H27ClN2O5. The van der Waals surface area contributed by atoms with E-state index in [1.807, 2.05) is 48.5 Å². The van der Waals surface area contributed by atoms with Crippen LogP contribution < -0.4 is 19.4 Å². The van der Waals surface area contributed by atoms with Crippen molar-refractivity contribution in [2.24, 2.45) is 5.92 Å². The fraction of sp³-hybridized carbons (Fsp3) is 0.286. The Morgan fingerprint density at radius 1 is 0.944 bits per heavy atom. The first-order valence-corrected chi connectivity index (χ1v) is 12.4. The molecule has 5 rings (SSSR count). The molecule has 0 aliphatic carbocycles. The van der Waals surface area contributed by atoms with Crippen LogP contribution in [0.4, 0.5) is 11.4 Å². The third-order valence-electron chi connectivity index (χ3n) is 6.50. The number of carbonyl (C=O) groups is 2. The van der Waals surface area contributed by atoms with Gasteiger partial charge in [-0.3, -0.25) is 14.4 Å². The molecule has 8 heteroatoms. The summed E-state index contributed by atoms with van der Waals surface area (Å²) >= 11 is 6.35. The number of imide groups is 1. The van der Waals surface area contributed by atoms with Crippen molar-refractivity contribution in [3.05, 3.63) is 83.4 Å². The largest absolute Gasteiger partial charge is 0.493 e. The van der Waals surface area contributed by atoms with Gasteiger partial charge in [-0.2, -0.15) is 0 Å². The molecule has 0 saturated carbocycles. The summed E-state index contributed by atoms with van der Waals surface area (Å²) in [7, 11) is 1.58.